The Bertz CT molecular complexity index is 391. The Morgan fingerprint density at radius 3 is 2.87 bits per heavy atom. The van der Waals surface area contributed by atoms with Gasteiger partial charge in [-0.2, -0.15) is 4.39 Å². The van der Waals surface area contributed by atoms with Gasteiger partial charge in [0, 0.05) is 12.6 Å². The smallest absolute Gasteiger partial charge is 0.304 e. The molecule has 0 aliphatic heterocycles. The summed E-state index contributed by atoms with van der Waals surface area (Å²) in [7, 11) is 1.79. The van der Waals surface area contributed by atoms with Crippen LogP contribution in [-0.2, 0) is 0 Å². The lowest BCUT2D eigenvalue weighted by Crippen LogP contribution is -2.03. The molecule has 5 heteroatoms. The number of nitrogens with one attached hydrogen (secondary N) is 1. The molecule has 0 bridgehead atoms. The number of nitrogens with zero attached hydrogens (tertiary/aromatic N) is 1. The van der Waals surface area contributed by atoms with Gasteiger partial charge in [-0.3, -0.25) is 10.1 Å². The number of nitro groups is 1. The fourth-order valence-electron chi connectivity index (χ4n) is 1.09. The molecule has 1 rings (SSSR count). The molecule has 0 radical (unpaired) electrons. The lowest BCUT2D eigenvalue weighted by molar-refractivity contribution is -0.387. The molecule has 0 aliphatic carbocycles. The van der Waals surface area contributed by atoms with E-state index in [1.807, 2.05) is 0 Å². The van der Waals surface area contributed by atoms with E-state index < -0.39 is 16.4 Å². The lowest BCUT2D eigenvalue weighted by atomic mass is 10.2. The zero-order valence-electron chi connectivity index (χ0n) is 8.24. The highest BCUT2D eigenvalue weighted by atomic mass is 19.1. The van der Waals surface area contributed by atoms with Crippen molar-refractivity contribution >= 4 is 11.8 Å². The molecule has 0 heterocycles. The number of benzene rings is 1. The summed E-state index contributed by atoms with van der Waals surface area (Å²) in [5, 5.41) is 13.2. The summed E-state index contributed by atoms with van der Waals surface area (Å²) in [6, 6.07) is 3.81. The largest absolute Gasteiger partial charge is 0.316 e. The van der Waals surface area contributed by atoms with Gasteiger partial charge in [-0.25, -0.2) is 0 Å². The number of likely N-dealkylation sites (N-methyl/N-ethyl adjacent to an activating group) is 1. The van der Waals surface area contributed by atoms with Crippen molar-refractivity contribution in [1.29, 1.82) is 0 Å². The number of rotatable bonds is 4. The molecule has 15 heavy (non-hydrogen) atoms. The van der Waals surface area contributed by atoms with Gasteiger partial charge in [0.1, 0.15) is 0 Å². The van der Waals surface area contributed by atoms with Gasteiger partial charge in [-0.15, -0.1) is 0 Å². The van der Waals surface area contributed by atoms with E-state index in [2.05, 4.69) is 5.32 Å². The molecule has 0 fully saturated rings. The third kappa shape index (κ3) is 3.14. The topological polar surface area (TPSA) is 55.2 Å². The van der Waals surface area contributed by atoms with Crippen molar-refractivity contribution in [3.63, 3.8) is 0 Å². The minimum atomic E-state index is -0.813. The number of hydrogen-bond donors (Lipinski definition) is 1. The highest BCUT2D eigenvalue weighted by molar-refractivity contribution is 5.52. The number of nitro benzene ring substituents is 1. The van der Waals surface area contributed by atoms with Gasteiger partial charge in [0.15, 0.2) is 0 Å². The van der Waals surface area contributed by atoms with Crippen LogP contribution in [0.4, 0.5) is 10.1 Å². The molecular formula is C10H11FN2O2. The lowest BCUT2D eigenvalue weighted by Gasteiger charge is -1.96. The molecule has 1 aromatic carbocycles. The predicted octanol–water partition coefficient (Wildman–Crippen LogP) is 1.97. The highest BCUT2D eigenvalue weighted by Crippen LogP contribution is 2.18. The van der Waals surface area contributed by atoms with Gasteiger partial charge in [-0.05, 0) is 24.7 Å². The standard InChI is InChI=1S/C10H11FN2O2/c1-12-6-2-3-8-4-5-10(13(14)15)9(11)7-8/h2-5,7,12H,6H2,1H3. The van der Waals surface area contributed by atoms with Crippen LogP contribution >= 0.6 is 0 Å². The van der Waals surface area contributed by atoms with E-state index in [1.165, 1.54) is 6.07 Å². The molecule has 0 saturated carbocycles. The first-order chi connectivity index (χ1) is 7.15. The maximum absolute atomic E-state index is 13.1. The summed E-state index contributed by atoms with van der Waals surface area (Å²) in [5.74, 6) is -0.813. The molecule has 0 unspecified atom stereocenters. The predicted molar refractivity (Wildman–Crippen MR) is 56.0 cm³/mol. The molecule has 1 aromatic rings. The molecule has 0 amide bonds. The summed E-state index contributed by atoms with van der Waals surface area (Å²) < 4.78 is 13.1. The Morgan fingerprint density at radius 2 is 2.33 bits per heavy atom. The summed E-state index contributed by atoms with van der Waals surface area (Å²) >= 11 is 0. The zero-order valence-corrected chi connectivity index (χ0v) is 8.24. The normalized spacial score (nSPS) is 10.8. The average molecular weight is 210 g/mol. The SMILES string of the molecule is CNCC=Cc1ccc([N+](=O)[O-])c(F)c1. The van der Waals surface area contributed by atoms with Gasteiger partial charge >= 0.3 is 5.69 Å². The first-order valence-electron chi connectivity index (χ1n) is 4.40. The van der Waals surface area contributed by atoms with Crippen LogP contribution in [0.15, 0.2) is 24.3 Å². The van der Waals surface area contributed by atoms with E-state index in [0.29, 0.717) is 12.1 Å². The van der Waals surface area contributed by atoms with E-state index in [0.717, 1.165) is 12.1 Å². The van der Waals surface area contributed by atoms with E-state index in [9.17, 15) is 14.5 Å². The maximum atomic E-state index is 13.1. The second-order valence-corrected chi connectivity index (χ2v) is 2.93. The van der Waals surface area contributed by atoms with Crippen LogP contribution in [-0.4, -0.2) is 18.5 Å². The van der Waals surface area contributed by atoms with E-state index in [-0.39, 0.29) is 0 Å². The van der Waals surface area contributed by atoms with Crippen molar-refractivity contribution in [2.45, 2.75) is 0 Å². The number of hydrogen-bond acceptors (Lipinski definition) is 3. The molecule has 0 aromatic heterocycles. The average Bonchev–Trinajstić information content (AvgIpc) is 2.17. The van der Waals surface area contributed by atoms with Gasteiger partial charge < -0.3 is 5.32 Å². The van der Waals surface area contributed by atoms with Gasteiger partial charge in [0.2, 0.25) is 5.82 Å². The minimum Gasteiger partial charge on any atom is -0.316 e. The Hall–Kier alpha value is -1.75. The van der Waals surface area contributed by atoms with Crippen LogP contribution in [0.5, 0.6) is 0 Å². The van der Waals surface area contributed by atoms with E-state index >= 15 is 0 Å². The van der Waals surface area contributed by atoms with Crippen molar-refractivity contribution in [1.82, 2.24) is 5.32 Å². The Labute approximate surface area is 86.6 Å². The van der Waals surface area contributed by atoms with Crippen molar-refractivity contribution in [2.75, 3.05) is 13.6 Å². The summed E-state index contributed by atoms with van der Waals surface area (Å²) in [4.78, 5) is 9.59. The van der Waals surface area contributed by atoms with Crippen LogP contribution in [0.25, 0.3) is 6.08 Å². The van der Waals surface area contributed by atoms with Crippen molar-refractivity contribution in [3.8, 4) is 0 Å². The van der Waals surface area contributed by atoms with Gasteiger partial charge in [-0.1, -0.05) is 12.2 Å². The Balaban J connectivity index is 2.87. The molecule has 80 valence electrons. The molecular weight excluding hydrogens is 199 g/mol. The fraction of sp³-hybridized carbons (Fsp3) is 0.200. The molecule has 0 aliphatic rings. The fourth-order valence-corrected chi connectivity index (χ4v) is 1.09. The molecule has 0 atom stereocenters. The Kier molecular flexibility index (Phi) is 3.93. The highest BCUT2D eigenvalue weighted by Gasteiger charge is 2.12. The van der Waals surface area contributed by atoms with E-state index in [1.54, 1.807) is 19.2 Å². The summed E-state index contributed by atoms with van der Waals surface area (Å²) in [5.41, 5.74) is 0.106. The minimum absolute atomic E-state index is 0.499. The van der Waals surface area contributed by atoms with Crippen molar-refractivity contribution < 1.29 is 9.31 Å². The van der Waals surface area contributed by atoms with Crippen LogP contribution in [0.2, 0.25) is 0 Å². The maximum Gasteiger partial charge on any atom is 0.304 e. The van der Waals surface area contributed by atoms with Crippen LogP contribution < -0.4 is 5.32 Å². The van der Waals surface area contributed by atoms with Crippen LogP contribution in [0, 0.1) is 15.9 Å². The van der Waals surface area contributed by atoms with Crippen LogP contribution in [0.1, 0.15) is 5.56 Å². The quantitative estimate of drug-likeness (QED) is 0.610. The van der Waals surface area contributed by atoms with Gasteiger partial charge in [0.25, 0.3) is 0 Å². The van der Waals surface area contributed by atoms with Crippen molar-refractivity contribution in [3.05, 3.63) is 45.8 Å². The van der Waals surface area contributed by atoms with Crippen molar-refractivity contribution in [2.24, 2.45) is 0 Å². The number of halogens is 1. The summed E-state index contributed by atoms with van der Waals surface area (Å²) in [6.45, 7) is 0.665. The monoisotopic (exact) mass is 210 g/mol. The molecule has 1 N–H and O–H groups in total. The third-order valence-electron chi connectivity index (χ3n) is 1.80. The second-order valence-electron chi connectivity index (χ2n) is 2.93. The summed E-state index contributed by atoms with van der Waals surface area (Å²) in [6.07, 6.45) is 3.50. The molecule has 4 nitrogen and oxygen atoms in total. The van der Waals surface area contributed by atoms with E-state index in [4.69, 9.17) is 0 Å². The zero-order chi connectivity index (χ0) is 11.3. The Morgan fingerprint density at radius 1 is 1.60 bits per heavy atom. The third-order valence-corrected chi connectivity index (χ3v) is 1.80. The second kappa shape index (κ2) is 5.21. The first kappa shape index (κ1) is 11.3. The first-order valence-corrected chi connectivity index (χ1v) is 4.40. The van der Waals surface area contributed by atoms with Crippen LogP contribution in [0.3, 0.4) is 0 Å². The van der Waals surface area contributed by atoms with Gasteiger partial charge in [0.05, 0.1) is 4.92 Å². The molecule has 0 saturated heterocycles. The molecule has 0 spiro atoms.